The highest BCUT2D eigenvalue weighted by Crippen LogP contribution is 2.23. The van der Waals surface area contributed by atoms with Gasteiger partial charge in [-0.2, -0.15) is 12.6 Å². The van der Waals surface area contributed by atoms with E-state index in [4.69, 9.17) is 0 Å². The fraction of sp³-hybridized carbons (Fsp3) is 0.600. The number of rotatable bonds is 5. The van der Waals surface area contributed by atoms with Crippen molar-refractivity contribution in [2.45, 2.75) is 31.2 Å². The molecule has 18 heavy (non-hydrogen) atoms. The van der Waals surface area contributed by atoms with Crippen LogP contribution in [-0.4, -0.2) is 41.5 Å². The second-order valence-electron chi connectivity index (χ2n) is 5.12. The number of benzene rings is 1. The second kappa shape index (κ2) is 7.17. The van der Waals surface area contributed by atoms with Gasteiger partial charge in [-0.1, -0.05) is 36.8 Å². The molecule has 2 nitrogen and oxygen atoms in total. The van der Waals surface area contributed by atoms with Gasteiger partial charge in [0.2, 0.25) is 0 Å². The maximum atomic E-state index is 9.46. The molecule has 100 valence electrons. The van der Waals surface area contributed by atoms with Crippen LogP contribution in [0.15, 0.2) is 30.3 Å². The third kappa shape index (κ3) is 3.50. The van der Waals surface area contributed by atoms with Gasteiger partial charge in [0.25, 0.3) is 0 Å². The van der Waals surface area contributed by atoms with Crippen molar-refractivity contribution in [3.8, 4) is 0 Å². The zero-order valence-electron chi connectivity index (χ0n) is 10.8. The summed E-state index contributed by atoms with van der Waals surface area (Å²) in [5, 5.41) is 9.46. The van der Waals surface area contributed by atoms with E-state index >= 15 is 0 Å². The minimum Gasteiger partial charge on any atom is -0.395 e. The van der Waals surface area contributed by atoms with Crippen LogP contribution in [0.1, 0.15) is 30.7 Å². The smallest absolute Gasteiger partial charge is 0.0586 e. The lowest BCUT2D eigenvalue weighted by molar-refractivity contribution is 0.0864. The van der Waals surface area contributed by atoms with Gasteiger partial charge in [-0.15, -0.1) is 0 Å². The quantitative estimate of drug-likeness (QED) is 0.799. The molecule has 1 aromatic carbocycles. The summed E-state index contributed by atoms with van der Waals surface area (Å²) in [6.45, 7) is 2.41. The monoisotopic (exact) mass is 265 g/mol. The first-order chi connectivity index (χ1) is 8.85. The van der Waals surface area contributed by atoms with E-state index in [0.717, 1.165) is 25.3 Å². The van der Waals surface area contributed by atoms with E-state index in [0.29, 0.717) is 12.0 Å². The maximum absolute atomic E-state index is 9.46. The molecule has 0 spiro atoms. The van der Waals surface area contributed by atoms with Crippen LogP contribution >= 0.6 is 12.6 Å². The molecule has 1 heterocycles. The van der Waals surface area contributed by atoms with Gasteiger partial charge in [0.05, 0.1) is 6.61 Å². The molecule has 2 unspecified atom stereocenters. The lowest BCUT2D eigenvalue weighted by Crippen LogP contribution is -2.44. The topological polar surface area (TPSA) is 23.5 Å². The number of hydrogen-bond acceptors (Lipinski definition) is 3. The zero-order chi connectivity index (χ0) is 12.8. The molecule has 0 radical (unpaired) electrons. The molecule has 2 atom stereocenters. The van der Waals surface area contributed by atoms with Crippen LogP contribution in [0.2, 0.25) is 0 Å². The predicted octanol–water partition coefficient (Wildman–Crippen LogP) is 2.55. The lowest BCUT2D eigenvalue weighted by atomic mass is 9.96. The highest BCUT2D eigenvalue weighted by atomic mass is 32.1. The summed E-state index contributed by atoms with van der Waals surface area (Å²) in [5.41, 5.74) is 1.36. The average molecular weight is 265 g/mol. The minimum absolute atomic E-state index is 0.286. The Labute approximate surface area is 115 Å². The van der Waals surface area contributed by atoms with E-state index in [9.17, 15) is 5.11 Å². The van der Waals surface area contributed by atoms with Crippen molar-refractivity contribution in [2.24, 2.45) is 0 Å². The third-order valence-corrected chi connectivity index (χ3v) is 4.35. The van der Waals surface area contributed by atoms with E-state index in [2.05, 4.69) is 47.9 Å². The fourth-order valence-electron chi connectivity index (χ4n) is 2.78. The molecule has 0 aliphatic carbocycles. The van der Waals surface area contributed by atoms with Crippen molar-refractivity contribution in [1.29, 1.82) is 0 Å². The highest BCUT2D eigenvalue weighted by Gasteiger charge is 2.24. The highest BCUT2D eigenvalue weighted by molar-refractivity contribution is 7.80. The SMILES string of the molecule is OCC1CCCCN1CC(CS)c1ccccc1. The fourth-order valence-corrected chi connectivity index (χ4v) is 3.11. The first-order valence-corrected chi connectivity index (χ1v) is 7.49. The van der Waals surface area contributed by atoms with Crippen molar-refractivity contribution in [1.82, 2.24) is 4.90 Å². The van der Waals surface area contributed by atoms with Gasteiger partial charge in [0.1, 0.15) is 0 Å². The number of nitrogens with zero attached hydrogens (tertiary/aromatic N) is 1. The van der Waals surface area contributed by atoms with Gasteiger partial charge in [-0.25, -0.2) is 0 Å². The first kappa shape index (κ1) is 13.9. The largest absolute Gasteiger partial charge is 0.395 e. The van der Waals surface area contributed by atoms with Crippen molar-refractivity contribution in [2.75, 3.05) is 25.4 Å². The summed E-state index contributed by atoms with van der Waals surface area (Å²) in [5.74, 6) is 1.32. The van der Waals surface area contributed by atoms with Gasteiger partial charge in [-0.3, -0.25) is 4.90 Å². The van der Waals surface area contributed by atoms with Crippen molar-refractivity contribution >= 4 is 12.6 Å². The van der Waals surface area contributed by atoms with Crippen LogP contribution in [-0.2, 0) is 0 Å². The second-order valence-corrected chi connectivity index (χ2v) is 5.48. The number of thiol groups is 1. The molecule has 1 fully saturated rings. The number of piperidine rings is 1. The van der Waals surface area contributed by atoms with E-state index in [-0.39, 0.29) is 6.61 Å². The van der Waals surface area contributed by atoms with Crippen molar-refractivity contribution in [3.05, 3.63) is 35.9 Å². The average Bonchev–Trinajstić information content (AvgIpc) is 2.46. The Morgan fingerprint density at radius 1 is 1.28 bits per heavy atom. The predicted molar refractivity (Wildman–Crippen MR) is 79.3 cm³/mol. The molecule has 0 aromatic heterocycles. The van der Waals surface area contributed by atoms with E-state index in [1.807, 2.05) is 0 Å². The molecular formula is C15H23NOS. The summed E-state index contributed by atoms with van der Waals surface area (Å²) < 4.78 is 0. The van der Waals surface area contributed by atoms with E-state index < -0.39 is 0 Å². The number of aliphatic hydroxyl groups excluding tert-OH is 1. The lowest BCUT2D eigenvalue weighted by Gasteiger charge is -2.36. The van der Waals surface area contributed by atoms with E-state index in [1.54, 1.807) is 0 Å². The molecule has 1 aliphatic rings. The van der Waals surface area contributed by atoms with Crippen molar-refractivity contribution < 1.29 is 5.11 Å². The minimum atomic E-state index is 0.286. The summed E-state index contributed by atoms with van der Waals surface area (Å²) in [7, 11) is 0. The van der Waals surface area contributed by atoms with Crippen LogP contribution in [0, 0.1) is 0 Å². The normalized spacial score (nSPS) is 22.9. The Kier molecular flexibility index (Phi) is 5.54. The van der Waals surface area contributed by atoms with Gasteiger partial charge in [-0.05, 0) is 30.7 Å². The Morgan fingerprint density at radius 2 is 2.06 bits per heavy atom. The maximum Gasteiger partial charge on any atom is 0.0586 e. The molecule has 1 N–H and O–H groups in total. The molecule has 2 rings (SSSR count). The van der Waals surface area contributed by atoms with Gasteiger partial charge in [0.15, 0.2) is 0 Å². The molecule has 1 aliphatic heterocycles. The Bertz CT molecular complexity index is 344. The third-order valence-electron chi connectivity index (χ3n) is 3.91. The summed E-state index contributed by atoms with van der Waals surface area (Å²) in [6, 6.07) is 10.9. The summed E-state index contributed by atoms with van der Waals surface area (Å²) in [6.07, 6.45) is 3.63. The number of likely N-dealkylation sites (tertiary alicyclic amines) is 1. The van der Waals surface area contributed by atoms with Crippen LogP contribution in [0.4, 0.5) is 0 Å². The standard InChI is InChI=1S/C15H23NOS/c17-11-15-8-4-5-9-16(15)10-14(12-18)13-6-2-1-3-7-13/h1-3,6-7,14-15,17-18H,4-5,8-12H2. The molecule has 0 amide bonds. The molecule has 3 heteroatoms. The van der Waals surface area contributed by atoms with Gasteiger partial charge >= 0.3 is 0 Å². The summed E-state index contributed by atoms with van der Waals surface area (Å²) in [4.78, 5) is 2.44. The summed E-state index contributed by atoms with van der Waals surface area (Å²) >= 11 is 4.50. The first-order valence-electron chi connectivity index (χ1n) is 6.86. The van der Waals surface area contributed by atoms with Crippen LogP contribution in [0.5, 0.6) is 0 Å². The number of hydrogen-bond donors (Lipinski definition) is 2. The molecule has 1 aromatic rings. The van der Waals surface area contributed by atoms with Crippen LogP contribution in [0.3, 0.4) is 0 Å². The molecule has 0 bridgehead atoms. The van der Waals surface area contributed by atoms with Crippen LogP contribution < -0.4 is 0 Å². The van der Waals surface area contributed by atoms with E-state index in [1.165, 1.54) is 18.4 Å². The molecule has 1 saturated heterocycles. The molecular weight excluding hydrogens is 242 g/mol. The molecule has 0 saturated carbocycles. The Morgan fingerprint density at radius 3 is 2.72 bits per heavy atom. The van der Waals surface area contributed by atoms with Gasteiger partial charge < -0.3 is 5.11 Å². The zero-order valence-corrected chi connectivity index (χ0v) is 11.7. The Balaban J connectivity index is 2.01. The van der Waals surface area contributed by atoms with Crippen LogP contribution in [0.25, 0.3) is 0 Å². The number of aliphatic hydroxyl groups is 1. The Hall–Kier alpha value is -0.510. The van der Waals surface area contributed by atoms with Crippen molar-refractivity contribution in [3.63, 3.8) is 0 Å². The van der Waals surface area contributed by atoms with Gasteiger partial charge in [0, 0.05) is 18.5 Å².